The number of hydrogen-bond acceptors (Lipinski definition) is 8. The van der Waals surface area contributed by atoms with Gasteiger partial charge in [-0.3, -0.25) is 4.79 Å². The van der Waals surface area contributed by atoms with Crippen molar-refractivity contribution < 1.29 is 33.3 Å². The van der Waals surface area contributed by atoms with Crippen molar-refractivity contribution in [2.45, 2.75) is 33.2 Å². The SMILES string of the molecule is CCOC(=O)COc1ccc(/C=N\NC(=O)[C@@H](Cc2ccccc2)NC(=O)OCC)cc1OCC. The van der Waals surface area contributed by atoms with Gasteiger partial charge in [0.25, 0.3) is 5.91 Å². The Morgan fingerprint density at radius 3 is 2.34 bits per heavy atom. The zero-order valence-corrected chi connectivity index (χ0v) is 20.1. The van der Waals surface area contributed by atoms with Gasteiger partial charge in [0.2, 0.25) is 0 Å². The molecule has 0 radical (unpaired) electrons. The maximum absolute atomic E-state index is 12.7. The minimum atomic E-state index is -0.883. The van der Waals surface area contributed by atoms with Crippen LogP contribution < -0.4 is 20.2 Å². The highest BCUT2D eigenvalue weighted by Crippen LogP contribution is 2.28. The summed E-state index contributed by atoms with van der Waals surface area (Å²) in [7, 11) is 0. The normalized spacial score (nSPS) is 11.4. The molecule has 2 amide bonds. The first-order valence-electron chi connectivity index (χ1n) is 11.3. The highest BCUT2D eigenvalue weighted by molar-refractivity contribution is 5.87. The number of amides is 2. The number of carbonyl (C=O) groups is 3. The third-order valence-electron chi connectivity index (χ3n) is 4.47. The van der Waals surface area contributed by atoms with E-state index >= 15 is 0 Å². The van der Waals surface area contributed by atoms with Crippen LogP contribution in [0.5, 0.6) is 11.5 Å². The average molecular weight is 486 g/mol. The van der Waals surface area contributed by atoms with Gasteiger partial charge in [-0.05, 0) is 50.1 Å². The zero-order valence-electron chi connectivity index (χ0n) is 20.1. The maximum atomic E-state index is 12.7. The number of nitrogens with one attached hydrogen (secondary N) is 2. The lowest BCUT2D eigenvalue weighted by molar-refractivity contribution is -0.145. The molecular formula is C25H31N3O7. The Hall–Kier alpha value is -4.08. The number of benzene rings is 2. The largest absolute Gasteiger partial charge is 0.490 e. The molecule has 0 aliphatic heterocycles. The van der Waals surface area contributed by atoms with Gasteiger partial charge in [0, 0.05) is 6.42 Å². The lowest BCUT2D eigenvalue weighted by Crippen LogP contribution is -2.47. The first-order chi connectivity index (χ1) is 17.0. The molecule has 35 heavy (non-hydrogen) atoms. The van der Waals surface area contributed by atoms with Gasteiger partial charge in [-0.25, -0.2) is 15.0 Å². The van der Waals surface area contributed by atoms with E-state index in [0.717, 1.165) is 5.56 Å². The Bertz CT molecular complexity index is 996. The third-order valence-corrected chi connectivity index (χ3v) is 4.47. The predicted molar refractivity (Wildman–Crippen MR) is 130 cm³/mol. The first-order valence-corrected chi connectivity index (χ1v) is 11.3. The molecule has 0 aliphatic rings. The second-order valence-corrected chi connectivity index (χ2v) is 7.07. The van der Waals surface area contributed by atoms with Gasteiger partial charge in [0.05, 0.1) is 26.0 Å². The quantitative estimate of drug-likeness (QED) is 0.254. The second-order valence-electron chi connectivity index (χ2n) is 7.07. The van der Waals surface area contributed by atoms with E-state index in [9.17, 15) is 14.4 Å². The molecule has 0 saturated carbocycles. The van der Waals surface area contributed by atoms with Gasteiger partial charge < -0.3 is 24.3 Å². The number of hydrazone groups is 1. The molecule has 0 heterocycles. The first kappa shape index (κ1) is 27.2. The predicted octanol–water partition coefficient (Wildman–Crippen LogP) is 2.83. The van der Waals surface area contributed by atoms with Crippen molar-refractivity contribution in [3.05, 3.63) is 59.7 Å². The molecule has 1 atom stereocenters. The van der Waals surface area contributed by atoms with Gasteiger partial charge in [-0.15, -0.1) is 0 Å². The molecule has 0 unspecified atom stereocenters. The van der Waals surface area contributed by atoms with E-state index in [0.29, 0.717) is 23.7 Å². The summed E-state index contributed by atoms with van der Waals surface area (Å²) in [6, 6.07) is 13.4. The van der Waals surface area contributed by atoms with Crippen LogP contribution in [-0.4, -0.2) is 56.7 Å². The van der Waals surface area contributed by atoms with Crippen molar-refractivity contribution in [1.82, 2.24) is 10.7 Å². The Morgan fingerprint density at radius 1 is 0.914 bits per heavy atom. The highest BCUT2D eigenvalue weighted by Gasteiger charge is 2.21. The molecule has 0 spiro atoms. The molecule has 10 heteroatoms. The summed E-state index contributed by atoms with van der Waals surface area (Å²) in [5.74, 6) is -0.192. The Morgan fingerprint density at radius 2 is 1.66 bits per heavy atom. The number of carbonyl (C=O) groups excluding carboxylic acids is 3. The van der Waals surface area contributed by atoms with Crippen molar-refractivity contribution in [3.63, 3.8) is 0 Å². The number of esters is 1. The molecular weight excluding hydrogens is 454 g/mol. The van der Waals surface area contributed by atoms with Crippen LogP contribution in [0.4, 0.5) is 4.79 Å². The van der Waals surface area contributed by atoms with Crippen molar-refractivity contribution in [2.75, 3.05) is 26.4 Å². The minimum Gasteiger partial charge on any atom is -0.490 e. The Labute approximate surface area is 204 Å². The number of hydrogen-bond donors (Lipinski definition) is 2. The van der Waals surface area contributed by atoms with Crippen LogP contribution in [0.3, 0.4) is 0 Å². The van der Waals surface area contributed by atoms with E-state index < -0.39 is 24.0 Å². The van der Waals surface area contributed by atoms with E-state index in [1.54, 1.807) is 32.0 Å². The van der Waals surface area contributed by atoms with Crippen LogP contribution >= 0.6 is 0 Å². The monoisotopic (exact) mass is 485 g/mol. The molecule has 2 N–H and O–H groups in total. The topological polar surface area (TPSA) is 125 Å². The lowest BCUT2D eigenvalue weighted by Gasteiger charge is -2.17. The van der Waals surface area contributed by atoms with E-state index in [1.165, 1.54) is 6.21 Å². The molecule has 2 rings (SSSR count). The summed E-state index contributed by atoms with van der Waals surface area (Å²) >= 11 is 0. The second kappa shape index (κ2) is 14.9. The van der Waals surface area contributed by atoms with E-state index in [-0.39, 0.29) is 26.2 Å². The van der Waals surface area contributed by atoms with Crippen molar-refractivity contribution >= 4 is 24.2 Å². The molecule has 2 aromatic carbocycles. The standard InChI is InChI=1S/C25H31N3O7/c1-4-32-22-15-19(12-13-21(22)35-17-23(29)33-5-2)16-26-28-24(30)20(27-25(31)34-6-3)14-18-10-8-7-9-11-18/h7-13,15-16,20H,4-6,14,17H2,1-3H3,(H,27,31)(H,28,30)/b26-16-/t20-/m1/s1. The minimum absolute atomic E-state index is 0.186. The van der Waals surface area contributed by atoms with Gasteiger partial charge in [-0.2, -0.15) is 5.10 Å². The van der Waals surface area contributed by atoms with Crippen LogP contribution in [0, 0.1) is 0 Å². The summed E-state index contributed by atoms with van der Waals surface area (Å²) in [4.78, 5) is 36.2. The van der Waals surface area contributed by atoms with Crippen LogP contribution in [0.25, 0.3) is 0 Å². The lowest BCUT2D eigenvalue weighted by atomic mass is 10.1. The molecule has 188 valence electrons. The molecule has 0 aromatic heterocycles. The zero-order chi connectivity index (χ0) is 25.5. The summed E-state index contributed by atoms with van der Waals surface area (Å²) in [6.45, 7) is 5.81. The van der Waals surface area contributed by atoms with Crippen LogP contribution in [0.1, 0.15) is 31.9 Å². The van der Waals surface area contributed by atoms with Crippen molar-refractivity contribution in [2.24, 2.45) is 5.10 Å². The van der Waals surface area contributed by atoms with E-state index in [4.69, 9.17) is 18.9 Å². The third kappa shape index (κ3) is 9.75. The van der Waals surface area contributed by atoms with E-state index in [1.807, 2.05) is 37.3 Å². The molecule has 0 saturated heterocycles. The smallest absolute Gasteiger partial charge is 0.407 e. The Balaban J connectivity index is 2.06. The number of alkyl carbamates (subject to hydrolysis) is 1. The summed E-state index contributed by atoms with van der Waals surface area (Å²) in [6.07, 6.45) is 1.01. The molecule has 0 fully saturated rings. The van der Waals surface area contributed by atoms with Crippen LogP contribution in [-0.2, 0) is 25.5 Å². The molecule has 0 aliphatic carbocycles. The summed E-state index contributed by atoms with van der Waals surface area (Å²) < 4.78 is 20.8. The van der Waals surface area contributed by atoms with Crippen LogP contribution in [0.15, 0.2) is 53.6 Å². The summed E-state index contributed by atoms with van der Waals surface area (Å²) in [5.41, 5.74) is 3.94. The fourth-order valence-electron chi connectivity index (χ4n) is 2.95. The molecule has 0 bridgehead atoms. The van der Waals surface area contributed by atoms with Gasteiger partial charge in [0.15, 0.2) is 18.1 Å². The number of ether oxygens (including phenoxy) is 4. The maximum Gasteiger partial charge on any atom is 0.407 e. The summed E-state index contributed by atoms with van der Waals surface area (Å²) in [5, 5.41) is 6.56. The fourth-order valence-corrected chi connectivity index (χ4v) is 2.95. The van der Waals surface area contributed by atoms with Gasteiger partial charge >= 0.3 is 12.1 Å². The Kier molecular flexibility index (Phi) is 11.6. The molecule has 10 nitrogen and oxygen atoms in total. The van der Waals surface area contributed by atoms with E-state index in [2.05, 4.69) is 15.8 Å². The van der Waals surface area contributed by atoms with Gasteiger partial charge in [0.1, 0.15) is 6.04 Å². The average Bonchev–Trinajstić information content (AvgIpc) is 2.84. The molecule has 2 aromatic rings. The number of rotatable bonds is 13. The fraction of sp³-hybridized carbons (Fsp3) is 0.360. The van der Waals surface area contributed by atoms with Crippen LogP contribution in [0.2, 0.25) is 0 Å². The van der Waals surface area contributed by atoms with Crippen molar-refractivity contribution in [1.29, 1.82) is 0 Å². The highest BCUT2D eigenvalue weighted by atomic mass is 16.6. The van der Waals surface area contributed by atoms with Crippen molar-refractivity contribution in [3.8, 4) is 11.5 Å². The number of nitrogens with zero attached hydrogens (tertiary/aromatic N) is 1. The van der Waals surface area contributed by atoms with Gasteiger partial charge in [-0.1, -0.05) is 30.3 Å².